The van der Waals surface area contributed by atoms with Gasteiger partial charge in [-0.1, -0.05) is 42.5 Å². The summed E-state index contributed by atoms with van der Waals surface area (Å²) in [6, 6.07) is 21.4. The molecule has 1 amide bonds. The third kappa shape index (κ3) is 4.47. The third-order valence-electron chi connectivity index (χ3n) is 6.80. The van der Waals surface area contributed by atoms with E-state index >= 15 is 0 Å². The lowest BCUT2D eigenvalue weighted by atomic mass is 9.98. The smallest absolute Gasteiger partial charge is 0.296 e. The van der Waals surface area contributed by atoms with Crippen LogP contribution in [0.2, 0.25) is 0 Å². The Hall–Kier alpha value is -4.98. The van der Waals surface area contributed by atoms with Crippen LogP contribution in [0.15, 0.2) is 94.3 Å². The highest BCUT2D eigenvalue weighted by Gasteiger charge is 2.44. The van der Waals surface area contributed by atoms with Crippen molar-refractivity contribution in [3.63, 3.8) is 0 Å². The first-order valence-electron chi connectivity index (χ1n) is 12.9. The van der Waals surface area contributed by atoms with Crippen molar-refractivity contribution in [2.45, 2.75) is 26.5 Å². The number of aromatic nitrogens is 1. The van der Waals surface area contributed by atoms with Crippen LogP contribution in [0.3, 0.4) is 0 Å². The minimum absolute atomic E-state index is 0.0584. The highest BCUT2D eigenvalue weighted by atomic mass is 19.1. The van der Waals surface area contributed by atoms with E-state index in [0.717, 1.165) is 17.2 Å². The van der Waals surface area contributed by atoms with E-state index in [0.29, 0.717) is 36.1 Å². The molecule has 2 aromatic heterocycles. The summed E-state index contributed by atoms with van der Waals surface area (Å²) >= 11 is 0. The van der Waals surface area contributed by atoms with Gasteiger partial charge in [-0.05, 0) is 66.9 Å². The fourth-order valence-corrected chi connectivity index (χ4v) is 4.92. The molecule has 0 aliphatic carbocycles. The van der Waals surface area contributed by atoms with Crippen molar-refractivity contribution in [2.24, 2.45) is 0 Å². The molecule has 3 aromatic carbocycles. The summed E-state index contributed by atoms with van der Waals surface area (Å²) in [6.07, 6.45) is 1.65. The predicted octanol–water partition coefficient (Wildman–Crippen LogP) is 6.36. The molecule has 1 aliphatic rings. The predicted molar refractivity (Wildman–Crippen MR) is 148 cm³/mol. The van der Waals surface area contributed by atoms with Crippen molar-refractivity contribution in [1.29, 1.82) is 0 Å². The number of nitrogens with zero attached hydrogens (tertiary/aromatic N) is 2. The fraction of sp³-hybridized carbons (Fsp3) is 0.156. The van der Waals surface area contributed by atoms with E-state index in [-0.39, 0.29) is 22.3 Å². The molecule has 200 valence electrons. The average Bonchev–Trinajstić information content (AvgIpc) is 3.26. The van der Waals surface area contributed by atoms with Gasteiger partial charge in [-0.15, -0.1) is 0 Å². The number of pyridine rings is 1. The zero-order valence-electron chi connectivity index (χ0n) is 21.9. The number of ether oxygens (including phenoxy) is 2. The highest BCUT2D eigenvalue weighted by molar-refractivity contribution is 6.10. The molecule has 0 bridgehead atoms. The summed E-state index contributed by atoms with van der Waals surface area (Å²) in [5.41, 5.74) is 2.27. The molecule has 7 nitrogen and oxygen atoms in total. The van der Waals surface area contributed by atoms with Crippen molar-refractivity contribution in [3.8, 4) is 11.5 Å². The number of benzene rings is 3. The molecule has 8 heteroatoms. The Labute approximate surface area is 229 Å². The lowest BCUT2D eigenvalue weighted by molar-refractivity contribution is 0.0970. The van der Waals surface area contributed by atoms with Crippen molar-refractivity contribution >= 4 is 22.7 Å². The number of aryl methyl sites for hydroxylation is 1. The third-order valence-corrected chi connectivity index (χ3v) is 6.80. The largest absolute Gasteiger partial charge is 0.490 e. The second-order valence-corrected chi connectivity index (χ2v) is 9.50. The van der Waals surface area contributed by atoms with E-state index in [1.54, 1.807) is 30.5 Å². The van der Waals surface area contributed by atoms with Crippen LogP contribution in [0.5, 0.6) is 11.5 Å². The van der Waals surface area contributed by atoms with E-state index in [2.05, 4.69) is 4.98 Å². The normalized spacial score (nSPS) is 14.4. The number of fused-ring (bicyclic) bond motifs is 2. The monoisotopic (exact) mass is 536 g/mol. The number of hydrogen-bond donors (Lipinski definition) is 0. The standard InChI is InChI=1S/C32H25FN2O5/c1-3-38-26-15-21(10-12-25(26)39-18-20-7-5-4-6-8-20)29-28-30(36)23-16-22(33)11-13-24(23)40-31(28)32(37)35(29)27-14-9-19(2)17-34-27/h4-17,29H,3,18H2,1-2H3. The molecule has 40 heavy (non-hydrogen) atoms. The quantitative estimate of drug-likeness (QED) is 0.241. The zero-order valence-corrected chi connectivity index (χ0v) is 21.9. The average molecular weight is 537 g/mol. The van der Waals surface area contributed by atoms with Gasteiger partial charge in [0.05, 0.1) is 23.6 Å². The van der Waals surface area contributed by atoms with Crippen LogP contribution in [0.25, 0.3) is 11.0 Å². The Morgan fingerprint density at radius 3 is 2.52 bits per heavy atom. The minimum atomic E-state index is -0.885. The molecule has 0 spiro atoms. The number of hydrogen-bond acceptors (Lipinski definition) is 6. The Kier molecular flexibility index (Phi) is 6.51. The Bertz CT molecular complexity index is 1780. The summed E-state index contributed by atoms with van der Waals surface area (Å²) in [7, 11) is 0. The van der Waals surface area contributed by atoms with Crippen LogP contribution in [0.1, 0.15) is 45.8 Å². The van der Waals surface area contributed by atoms with Crippen molar-refractivity contribution in [2.75, 3.05) is 11.5 Å². The maximum absolute atomic E-state index is 14.1. The SMILES string of the molecule is CCOc1cc(C2c3c(oc4ccc(F)cc4c3=O)C(=O)N2c2ccc(C)cn2)ccc1OCc1ccccc1. The minimum Gasteiger partial charge on any atom is -0.490 e. The van der Waals surface area contributed by atoms with Crippen LogP contribution in [-0.4, -0.2) is 17.5 Å². The van der Waals surface area contributed by atoms with E-state index < -0.39 is 23.2 Å². The van der Waals surface area contributed by atoms with E-state index in [4.69, 9.17) is 13.9 Å². The van der Waals surface area contributed by atoms with Gasteiger partial charge in [-0.25, -0.2) is 9.37 Å². The number of anilines is 1. The first-order chi connectivity index (χ1) is 19.4. The molecule has 0 radical (unpaired) electrons. The van der Waals surface area contributed by atoms with Crippen molar-refractivity contribution in [1.82, 2.24) is 4.98 Å². The molecule has 0 fully saturated rings. The number of amides is 1. The Morgan fingerprint density at radius 1 is 0.950 bits per heavy atom. The van der Waals surface area contributed by atoms with Crippen molar-refractivity contribution in [3.05, 3.63) is 129 Å². The van der Waals surface area contributed by atoms with Crippen LogP contribution >= 0.6 is 0 Å². The maximum Gasteiger partial charge on any atom is 0.296 e. The number of rotatable bonds is 7. The van der Waals surface area contributed by atoms with Gasteiger partial charge in [0, 0.05) is 6.20 Å². The lowest BCUT2D eigenvalue weighted by Gasteiger charge is -2.25. The molecular weight excluding hydrogens is 511 g/mol. The van der Waals surface area contributed by atoms with Gasteiger partial charge in [0.25, 0.3) is 5.91 Å². The van der Waals surface area contributed by atoms with Crippen molar-refractivity contribution < 1.29 is 23.1 Å². The maximum atomic E-state index is 14.1. The topological polar surface area (TPSA) is 81.9 Å². The van der Waals surface area contributed by atoms with Gasteiger partial charge in [-0.2, -0.15) is 0 Å². The fourth-order valence-electron chi connectivity index (χ4n) is 4.92. The van der Waals surface area contributed by atoms with E-state index in [1.165, 1.54) is 17.0 Å². The molecule has 5 aromatic rings. The van der Waals surface area contributed by atoms with Gasteiger partial charge in [-0.3, -0.25) is 14.5 Å². The summed E-state index contributed by atoms with van der Waals surface area (Å²) in [6.45, 7) is 4.47. The van der Waals surface area contributed by atoms with E-state index in [1.807, 2.05) is 50.2 Å². The van der Waals surface area contributed by atoms with Gasteiger partial charge >= 0.3 is 0 Å². The second-order valence-electron chi connectivity index (χ2n) is 9.50. The Balaban J connectivity index is 1.50. The first kappa shape index (κ1) is 25.3. The van der Waals surface area contributed by atoms with Crippen LogP contribution < -0.4 is 19.8 Å². The molecular formula is C32H25FN2O5. The van der Waals surface area contributed by atoms with Crippen LogP contribution in [0.4, 0.5) is 10.2 Å². The highest BCUT2D eigenvalue weighted by Crippen LogP contribution is 2.43. The molecule has 0 saturated heterocycles. The second kappa shape index (κ2) is 10.3. The summed E-state index contributed by atoms with van der Waals surface area (Å²) < 4.78 is 32.0. The number of carbonyl (C=O) groups excluding carboxylic acids is 1. The van der Waals surface area contributed by atoms with Gasteiger partial charge in [0.1, 0.15) is 23.8 Å². The number of carbonyl (C=O) groups is 1. The molecule has 0 N–H and O–H groups in total. The van der Waals surface area contributed by atoms with Gasteiger partial charge in [0.2, 0.25) is 5.76 Å². The van der Waals surface area contributed by atoms with Gasteiger partial charge in [0.15, 0.2) is 16.9 Å². The molecule has 1 unspecified atom stereocenters. The zero-order chi connectivity index (χ0) is 27.8. The van der Waals surface area contributed by atoms with Gasteiger partial charge < -0.3 is 13.9 Å². The molecule has 0 saturated carbocycles. The molecule has 1 atom stereocenters. The van der Waals surface area contributed by atoms with Crippen LogP contribution in [0, 0.1) is 12.7 Å². The summed E-state index contributed by atoms with van der Waals surface area (Å²) in [5, 5.41) is 0.0584. The van der Waals surface area contributed by atoms with Crippen LogP contribution in [-0.2, 0) is 6.61 Å². The molecule has 1 aliphatic heterocycles. The molecule has 3 heterocycles. The molecule has 6 rings (SSSR count). The summed E-state index contributed by atoms with van der Waals surface area (Å²) in [4.78, 5) is 33.5. The first-order valence-corrected chi connectivity index (χ1v) is 12.9. The Morgan fingerprint density at radius 2 is 1.77 bits per heavy atom. The number of halogens is 1. The lowest BCUT2D eigenvalue weighted by Crippen LogP contribution is -2.30. The summed E-state index contributed by atoms with van der Waals surface area (Å²) in [5.74, 6) is 0.151. The van der Waals surface area contributed by atoms with E-state index in [9.17, 15) is 14.0 Å².